The zero-order valence-electron chi connectivity index (χ0n) is 14.6. The summed E-state index contributed by atoms with van der Waals surface area (Å²) in [6.07, 6.45) is 1.36. The van der Waals surface area contributed by atoms with Gasteiger partial charge in [0.1, 0.15) is 0 Å². The lowest BCUT2D eigenvalue weighted by Crippen LogP contribution is -2.42. The molecule has 0 bridgehead atoms. The summed E-state index contributed by atoms with van der Waals surface area (Å²) in [6, 6.07) is 0.990. The van der Waals surface area contributed by atoms with E-state index < -0.39 is 24.5 Å². The summed E-state index contributed by atoms with van der Waals surface area (Å²) in [7, 11) is 1.76. The standard InChI is InChI=1S/C16H21N5O4/c1-9(2)6-18-16(24)19-13(22)8-25-15(23)11-5-12-10(3)20-21(4)14(12)17-7-11/h5,7,9H,6,8H2,1-4H3,(H2,18,19,22,24). The fraction of sp³-hybridized carbons (Fsp3) is 0.438. The topological polar surface area (TPSA) is 115 Å². The Labute approximate surface area is 144 Å². The first-order valence-electron chi connectivity index (χ1n) is 7.82. The van der Waals surface area contributed by atoms with E-state index in [4.69, 9.17) is 4.74 Å². The maximum Gasteiger partial charge on any atom is 0.340 e. The third kappa shape index (κ3) is 4.75. The number of amides is 3. The molecule has 0 fully saturated rings. The second-order valence-corrected chi connectivity index (χ2v) is 6.03. The van der Waals surface area contributed by atoms with Crippen LogP contribution in [-0.2, 0) is 16.6 Å². The van der Waals surface area contributed by atoms with Crippen molar-refractivity contribution in [3.05, 3.63) is 23.5 Å². The number of aryl methyl sites for hydroxylation is 2. The Hall–Kier alpha value is -2.97. The highest BCUT2D eigenvalue weighted by Gasteiger charge is 2.15. The highest BCUT2D eigenvalue weighted by molar-refractivity contribution is 5.98. The van der Waals surface area contributed by atoms with E-state index in [2.05, 4.69) is 20.7 Å². The highest BCUT2D eigenvalue weighted by Crippen LogP contribution is 2.16. The first-order valence-corrected chi connectivity index (χ1v) is 7.82. The number of esters is 1. The van der Waals surface area contributed by atoms with Crippen LogP contribution >= 0.6 is 0 Å². The Bertz CT molecular complexity index is 812. The van der Waals surface area contributed by atoms with Crippen molar-refractivity contribution in [2.24, 2.45) is 13.0 Å². The van der Waals surface area contributed by atoms with E-state index in [0.29, 0.717) is 12.2 Å². The first kappa shape index (κ1) is 18.4. The Balaban J connectivity index is 1.90. The molecule has 2 N–H and O–H groups in total. The number of carbonyl (C=O) groups excluding carboxylic acids is 3. The number of urea groups is 1. The largest absolute Gasteiger partial charge is 0.452 e. The van der Waals surface area contributed by atoms with Crippen LogP contribution in [0.1, 0.15) is 29.9 Å². The van der Waals surface area contributed by atoms with Crippen LogP contribution in [0, 0.1) is 12.8 Å². The maximum atomic E-state index is 12.0. The Morgan fingerprint density at radius 3 is 2.72 bits per heavy atom. The molecule has 0 unspecified atom stereocenters. The SMILES string of the molecule is Cc1nn(C)c2ncc(C(=O)OCC(=O)NC(=O)NCC(C)C)cc12. The number of rotatable bonds is 5. The van der Waals surface area contributed by atoms with Crippen molar-refractivity contribution < 1.29 is 19.1 Å². The lowest BCUT2D eigenvalue weighted by molar-refractivity contribution is -0.123. The number of nitrogens with zero attached hydrogens (tertiary/aromatic N) is 3. The van der Waals surface area contributed by atoms with Gasteiger partial charge in [0.25, 0.3) is 5.91 Å². The first-order chi connectivity index (χ1) is 11.8. The number of hydrogen-bond acceptors (Lipinski definition) is 6. The van der Waals surface area contributed by atoms with E-state index in [1.54, 1.807) is 17.8 Å². The molecular formula is C16H21N5O4. The Morgan fingerprint density at radius 2 is 2.04 bits per heavy atom. The minimum absolute atomic E-state index is 0.209. The van der Waals surface area contributed by atoms with Gasteiger partial charge in [-0.05, 0) is 18.9 Å². The lowest BCUT2D eigenvalue weighted by atomic mass is 10.2. The van der Waals surface area contributed by atoms with Gasteiger partial charge in [-0.1, -0.05) is 13.8 Å². The van der Waals surface area contributed by atoms with Crippen LogP contribution < -0.4 is 10.6 Å². The van der Waals surface area contributed by atoms with Gasteiger partial charge in [0.2, 0.25) is 0 Å². The molecule has 2 rings (SSSR count). The number of imide groups is 1. The summed E-state index contributed by atoms with van der Waals surface area (Å²) in [5.41, 5.74) is 1.59. The quantitative estimate of drug-likeness (QED) is 0.777. The fourth-order valence-corrected chi connectivity index (χ4v) is 2.14. The number of ether oxygens (including phenoxy) is 1. The Kier molecular flexibility index (Phi) is 5.68. The van der Waals surface area contributed by atoms with E-state index in [9.17, 15) is 14.4 Å². The molecule has 0 spiro atoms. The average Bonchev–Trinajstić information content (AvgIpc) is 2.84. The molecule has 0 aliphatic carbocycles. The van der Waals surface area contributed by atoms with Crippen molar-refractivity contribution in [3.8, 4) is 0 Å². The van der Waals surface area contributed by atoms with Gasteiger partial charge in [-0.25, -0.2) is 14.6 Å². The summed E-state index contributed by atoms with van der Waals surface area (Å²) >= 11 is 0. The van der Waals surface area contributed by atoms with Gasteiger partial charge in [-0.15, -0.1) is 0 Å². The molecule has 2 aromatic rings. The van der Waals surface area contributed by atoms with Crippen LogP contribution in [0.5, 0.6) is 0 Å². The number of nitrogens with one attached hydrogen (secondary N) is 2. The number of aromatic nitrogens is 3. The third-order valence-electron chi connectivity index (χ3n) is 3.36. The van der Waals surface area contributed by atoms with Crippen molar-refractivity contribution in [2.75, 3.05) is 13.2 Å². The molecule has 0 radical (unpaired) electrons. The van der Waals surface area contributed by atoms with Crippen LogP contribution in [0.4, 0.5) is 4.79 Å². The van der Waals surface area contributed by atoms with Crippen LogP contribution in [0.2, 0.25) is 0 Å². The van der Waals surface area contributed by atoms with Gasteiger partial charge in [-0.3, -0.25) is 14.8 Å². The van der Waals surface area contributed by atoms with Crippen molar-refractivity contribution in [3.63, 3.8) is 0 Å². The molecule has 0 aliphatic rings. The van der Waals surface area contributed by atoms with Gasteiger partial charge in [-0.2, -0.15) is 5.10 Å². The predicted molar refractivity (Wildman–Crippen MR) is 89.9 cm³/mol. The van der Waals surface area contributed by atoms with Gasteiger partial charge in [0.05, 0.1) is 11.3 Å². The number of hydrogen-bond donors (Lipinski definition) is 2. The summed E-state index contributed by atoms with van der Waals surface area (Å²) in [4.78, 5) is 39.3. The molecule has 3 amide bonds. The van der Waals surface area contributed by atoms with Crippen molar-refractivity contribution in [1.29, 1.82) is 0 Å². The molecule has 9 heteroatoms. The number of pyridine rings is 1. The summed E-state index contributed by atoms with van der Waals surface area (Å²) in [5.74, 6) is -1.14. The molecule has 2 heterocycles. The van der Waals surface area contributed by atoms with E-state index in [-0.39, 0.29) is 11.5 Å². The predicted octanol–water partition coefficient (Wildman–Crippen LogP) is 0.915. The smallest absolute Gasteiger partial charge is 0.340 e. The van der Waals surface area contributed by atoms with Crippen molar-refractivity contribution in [2.45, 2.75) is 20.8 Å². The minimum atomic E-state index is -0.707. The molecule has 0 atom stereocenters. The molecule has 0 saturated heterocycles. The molecule has 134 valence electrons. The van der Waals surface area contributed by atoms with Crippen molar-refractivity contribution >= 4 is 28.9 Å². The number of fused-ring (bicyclic) bond motifs is 1. The molecule has 9 nitrogen and oxygen atoms in total. The summed E-state index contributed by atoms with van der Waals surface area (Å²) in [5, 5.41) is 9.57. The summed E-state index contributed by atoms with van der Waals surface area (Å²) < 4.78 is 6.53. The molecular weight excluding hydrogens is 326 g/mol. The molecule has 0 saturated carbocycles. The highest BCUT2D eigenvalue weighted by atomic mass is 16.5. The van der Waals surface area contributed by atoms with Crippen LogP contribution in [0.15, 0.2) is 12.3 Å². The monoisotopic (exact) mass is 347 g/mol. The lowest BCUT2D eigenvalue weighted by Gasteiger charge is -2.09. The van der Waals surface area contributed by atoms with Gasteiger partial charge in [0, 0.05) is 25.2 Å². The van der Waals surface area contributed by atoms with Crippen LogP contribution in [0.25, 0.3) is 11.0 Å². The second kappa shape index (κ2) is 7.73. The minimum Gasteiger partial charge on any atom is -0.452 e. The fourth-order valence-electron chi connectivity index (χ4n) is 2.14. The average molecular weight is 347 g/mol. The van der Waals surface area contributed by atoms with Gasteiger partial charge >= 0.3 is 12.0 Å². The Morgan fingerprint density at radius 1 is 1.32 bits per heavy atom. The second-order valence-electron chi connectivity index (χ2n) is 6.03. The zero-order chi connectivity index (χ0) is 18.6. The van der Waals surface area contributed by atoms with E-state index in [1.807, 2.05) is 20.8 Å². The zero-order valence-corrected chi connectivity index (χ0v) is 14.6. The van der Waals surface area contributed by atoms with Gasteiger partial charge < -0.3 is 10.1 Å². The summed E-state index contributed by atoms with van der Waals surface area (Å²) in [6.45, 7) is 5.55. The van der Waals surface area contributed by atoms with E-state index in [1.165, 1.54) is 6.20 Å². The molecule has 2 aromatic heterocycles. The molecule has 0 aromatic carbocycles. The van der Waals surface area contributed by atoms with Crippen LogP contribution in [-0.4, -0.2) is 45.8 Å². The van der Waals surface area contributed by atoms with Crippen molar-refractivity contribution in [1.82, 2.24) is 25.4 Å². The molecule has 0 aliphatic heterocycles. The van der Waals surface area contributed by atoms with Gasteiger partial charge in [0.15, 0.2) is 12.3 Å². The maximum absolute atomic E-state index is 12.0. The van der Waals surface area contributed by atoms with Crippen LogP contribution in [0.3, 0.4) is 0 Å². The number of carbonyl (C=O) groups is 3. The molecule has 25 heavy (non-hydrogen) atoms. The van der Waals surface area contributed by atoms with E-state index in [0.717, 1.165) is 11.1 Å². The third-order valence-corrected chi connectivity index (χ3v) is 3.36. The normalized spacial score (nSPS) is 10.8. The van der Waals surface area contributed by atoms with E-state index >= 15 is 0 Å².